The zero-order valence-corrected chi connectivity index (χ0v) is 27.4. The van der Waals surface area contributed by atoms with Crippen LogP contribution in [-0.4, -0.2) is 83.9 Å². The summed E-state index contributed by atoms with van der Waals surface area (Å²) in [6.45, 7) is 4.65. The number of primary amides is 1. The Labute approximate surface area is 280 Å². The molecule has 2 aromatic carbocycles. The summed E-state index contributed by atoms with van der Waals surface area (Å²) in [6, 6.07) is 12.0. The van der Waals surface area contributed by atoms with Crippen molar-refractivity contribution in [3.05, 3.63) is 91.5 Å². The van der Waals surface area contributed by atoms with Gasteiger partial charge in [-0.25, -0.2) is 14.6 Å². The fraction of sp³-hybridized carbons (Fsp3) is 0.344. The van der Waals surface area contributed by atoms with Gasteiger partial charge in [0.25, 0.3) is 0 Å². The second-order valence-electron chi connectivity index (χ2n) is 11.2. The molecule has 3 aliphatic heterocycles. The Balaban J connectivity index is 1.25. The number of piperazine rings is 1. The van der Waals surface area contributed by atoms with Crippen LogP contribution in [-0.2, 0) is 20.7 Å². The first kappa shape index (κ1) is 32.0. The number of ether oxygens (including phenoxy) is 1. The Bertz CT molecular complexity index is 1700. The highest BCUT2D eigenvalue weighted by atomic mass is 35.5. The maximum absolute atomic E-state index is 13.6. The Morgan fingerprint density at radius 3 is 2.63 bits per heavy atom. The molecular weight excluding hydrogens is 649 g/mol. The number of thiazole rings is 1. The molecule has 0 radical (unpaired) electrons. The molecule has 6 rings (SSSR count). The molecular formula is C32H33Cl2N7O4S. The SMILES string of the molecule is CCOC(=O)C1=C(CN2CCN3C(=O)N(c4ccc(CCC(N)=O)cc4)CC3C2)NC(c2nccs2)=N[C@H]1c1ccc(Cl)cc1Cl. The lowest BCUT2D eigenvalue weighted by atomic mass is 9.95. The minimum absolute atomic E-state index is 0.0348. The number of amidine groups is 1. The number of hydrogen-bond donors (Lipinski definition) is 2. The third kappa shape index (κ3) is 6.75. The van der Waals surface area contributed by atoms with Gasteiger partial charge in [-0.3, -0.25) is 19.6 Å². The lowest BCUT2D eigenvalue weighted by molar-refractivity contribution is -0.139. The molecule has 2 saturated heterocycles. The number of nitrogens with one attached hydrogen (secondary N) is 1. The fourth-order valence-corrected chi connectivity index (χ4v) is 7.13. The summed E-state index contributed by atoms with van der Waals surface area (Å²) in [5.74, 6) is -0.290. The Kier molecular flexibility index (Phi) is 9.60. The van der Waals surface area contributed by atoms with E-state index in [0.29, 0.717) is 76.9 Å². The molecule has 3 amide bonds. The molecule has 14 heteroatoms. The minimum Gasteiger partial charge on any atom is -0.463 e. The first-order valence-corrected chi connectivity index (χ1v) is 16.6. The molecule has 0 bridgehead atoms. The lowest BCUT2D eigenvalue weighted by Gasteiger charge is -2.38. The van der Waals surface area contributed by atoms with E-state index in [1.807, 2.05) is 34.5 Å². The summed E-state index contributed by atoms with van der Waals surface area (Å²) in [7, 11) is 0. The number of halogens is 2. The average Bonchev–Trinajstić information content (AvgIpc) is 3.69. The second kappa shape index (κ2) is 13.8. The van der Waals surface area contributed by atoms with E-state index in [2.05, 4.69) is 15.2 Å². The number of fused-ring (bicyclic) bond motifs is 1. The Morgan fingerprint density at radius 1 is 1.13 bits per heavy atom. The van der Waals surface area contributed by atoms with Crippen molar-refractivity contribution in [2.24, 2.45) is 10.7 Å². The molecule has 1 unspecified atom stereocenters. The van der Waals surface area contributed by atoms with Gasteiger partial charge >= 0.3 is 12.0 Å². The van der Waals surface area contributed by atoms with Crippen LogP contribution in [0.2, 0.25) is 10.0 Å². The van der Waals surface area contributed by atoms with Crippen LogP contribution >= 0.6 is 34.5 Å². The van der Waals surface area contributed by atoms with Crippen LogP contribution in [0.4, 0.5) is 10.5 Å². The molecule has 4 heterocycles. The van der Waals surface area contributed by atoms with Crippen LogP contribution in [0.15, 0.2) is 70.3 Å². The maximum Gasteiger partial charge on any atom is 0.338 e. The summed E-state index contributed by atoms with van der Waals surface area (Å²) < 4.78 is 5.53. The summed E-state index contributed by atoms with van der Waals surface area (Å²) in [6.07, 6.45) is 2.54. The van der Waals surface area contributed by atoms with Crippen LogP contribution in [0.5, 0.6) is 0 Å². The molecule has 3 N–H and O–H groups in total. The van der Waals surface area contributed by atoms with Gasteiger partial charge in [-0.15, -0.1) is 11.3 Å². The number of benzene rings is 2. The molecule has 0 saturated carbocycles. The highest BCUT2D eigenvalue weighted by Gasteiger charge is 2.42. The molecule has 2 fully saturated rings. The van der Waals surface area contributed by atoms with Gasteiger partial charge in [0, 0.05) is 77.7 Å². The number of aromatic nitrogens is 1. The molecule has 1 aromatic heterocycles. The quantitative estimate of drug-likeness (QED) is 0.303. The number of anilines is 1. The number of carbonyl (C=O) groups excluding carboxylic acids is 3. The molecule has 2 atom stereocenters. The van der Waals surface area contributed by atoms with Gasteiger partial charge in [-0.2, -0.15) is 0 Å². The largest absolute Gasteiger partial charge is 0.463 e. The van der Waals surface area contributed by atoms with Crippen molar-refractivity contribution in [1.82, 2.24) is 20.1 Å². The van der Waals surface area contributed by atoms with Gasteiger partial charge in [0.05, 0.1) is 18.2 Å². The van der Waals surface area contributed by atoms with E-state index < -0.39 is 12.0 Å². The van der Waals surface area contributed by atoms with Crippen molar-refractivity contribution >= 4 is 64.0 Å². The highest BCUT2D eigenvalue weighted by Crippen LogP contribution is 2.38. The third-order valence-corrected chi connectivity index (χ3v) is 9.58. The van der Waals surface area contributed by atoms with E-state index in [1.165, 1.54) is 11.3 Å². The minimum atomic E-state index is -0.741. The van der Waals surface area contributed by atoms with Crippen LogP contribution in [0.1, 0.15) is 35.5 Å². The number of nitrogens with two attached hydrogens (primary N) is 1. The van der Waals surface area contributed by atoms with E-state index in [9.17, 15) is 14.4 Å². The van der Waals surface area contributed by atoms with Crippen molar-refractivity contribution in [2.75, 3.05) is 44.2 Å². The van der Waals surface area contributed by atoms with Crippen molar-refractivity contribution in [1.29, 1.82) is 0 Å². The number of amides is 3. The van der Waals surface area contributed by atoms with Gasteiger partial charge in [-0.1, -0.05) is 41.4 Å². The Morgan fingerprint density at radius 2 is 1.93 bits per heavy atom. The third-order valence-electron chi connectivity index (χ3n) is 8.24. The first-order valence-electron chi connectivity index (χ1n) is 15.0. The molecule has 0 spiro atoms. The van der Waals surface area contributed by atoms with Gasteiger partial charge in [0.15, 0.2) is 10.8 Å². The topological polar surface area (TPSA) is 133 Å². The number of rotatable bonds is 10. The standard InChI is InChI=1S/C32H33Cl2N7O4S/c1-2-45-31(43)27-25(37-29(30-36-11-14-46-30)38-28(27)23-9-6-20(33)15-24(23)34)18-39-12-13-40-22(16-39)17-41(32(40)44)21-7-3-19(4-8-21)5-10-26(35)42/h3-4,6-9,11,14-15,22,28H,2,5,10,12-13,16-18H2,1H3,(H2,35,42)(H,37,38)/t22?,28-/m0/s1. The second-order valence-corrected chi connectivity index (χ2v) is 13.0. The predicted molar refractivity (Wildman–Crippen MR) is 178 cm³/mol. The number of urea groups is 1. The van der Waals surface area contributed by atoms with Crippen LogP contribution in [0.25, 0.3) is 0 Å². The summed E-state index contributed by atoms with van der Waals surface area (Å²) in [4.78, 5) is 53.4. The Hall–Kier alpha value is -3.97. The number of carbonyl (C=O) groups is 3. The van der Waals surface area contributed by atoms with Gasteiger partial charge in [0.2, 0.25) is 5.91 Å². The summed E-state index contributed by atoms with van der Waals surface area (Å²) in [5, 5.41) is 6.81. The zero-order valence-electron chi connectivity index (χ0n) is 25.1. The van der Waals surface area contributed by atoms with Gasteiger partial charge < -0.3 is 20.7 Å². The summed E-state index contributed by atoms with van der Waals surface area (Å²) in [5.41, 5.74) is 8.73. The maximum atomic E-state index is 13.6. The van der Waals surface area contributed by atoms with Crippen molar-refractivity contribution < 1.29 is 19.1 Å². The molecule has 46 heavy (non-hydrogen) atoms. The van der Waals surface area contributed by atoms with E-state index in [0.717, 1.165) is 11.3 Å². The van der Waals surface area contributed by atoms with E-state index in [-0.39, 0.29) is 31.0 Å². The normalized spacial score (nSPS) is 20.0. The molecule has 11 nitrogen and oxygen atoms in total. The van der Waals surface area contributed by atoms with Crippen molar-refractivity contribution in [3.63, 3.8) is 0 Å². The van der Waals surface area contributed by atoms with Gasteiger partial charge in [0.1, 0.15) is 6.04 Å². The monoisotopic (exact) mass is 681 g/mol. The van der Waals surface area contributed by atoms with Crippen molar-refractivity contribution in [2.45, 2.75) is 31.8 Å². The summed E-state index contributed by atoms with van der Waals surface area (Å²) >= 11 is 14.3. The van der Waals surface area contributed by atoms with Crippen LogP contribution < -0.4 is 16.0 Å². The molecule has 3 aliphatic rings. The number of aryl methyl sites for hydroxylation is 1. The zero-order chi connectivity index (χ0) is 32.4. The smallest absolute Gasteiger partial charge is 0.338 e. The number of nitrogens with zero attached hydrogens (tertiary/aromatic N) is 5. The van der Waals surface area contributed by atoms with E-state index in [1.54, 1.807) is 36.2 Å². The van der Waals surface area contributed by atoms with E-state index >= 15 is 0 Å². The number of aliphatic imine (C=N–C) groups is 1. The first-order chi connectivity index (χ1) is 22.2. The average molecular weight is 683 g/mol. The fourth-order valence-electron chi connectivity index (χ4n) is 6.03. The highest BCUT2D eigenvalue weighted by molar-refractivity contribution is 7.11. The lowest BCUT2D eigenvalue weighted by Crippen LogP contribution is -2.53. The predicted octanol–water partition coefficient (Wildman–Crippen LogP) is 4.40. The van der Waals surface area contributed by atoms with Crippen LogP contribution in [0, 0.1) is 0 Å². The van der Waals surface area contributed by atoms with E-state index in [4.69, 9.17) is 38.7 Å². The van der Waals surface area contributed by atoms with Gasteiger partial charge in [-0.05, 0) is 43.2 Å². The molecule has 240 valence electrons. The number of hydrogen-bond acceptors (Lipinski definition) is 9. The van der Waals surface area contributed by atoms with Crippen molar-refractivity contribution in [3.8, 4) is 0 Å². The van der Waals surface area contributed by atoms with Crippen LogP contribution in [0.3, 0.4) is 0 Å². The molecule has 0 aliphatic carbocycles. The molecule has 3 aromatic rings. The number of esters is 1.